The van der Waals surface area contributed by atoms with Crippen LogP contribution < -0.4 is 5.32 Å². The summed E-state index contributed by atoms with van der Waals surface area (Å²) in [5.41, 5.74) is 5.16. The van der Waals surface area contributed by atoms with Crippen molar-refractivity contribution in [3.8, 4) is 33.6 Å². The Bertz CT molecular complexity index is 2020. The molecule has 6 atom stereocenters. The lowest BCUT2D eigenvalue weighted by Crippen LogP contribution is -2.52. The van der Waals surface area contributed by atoms with Gasteiger partial charge in [-0.2, -0.15) is 0 Å². The number of carbonyl (C=O) groups excluding carboxylic acids is 3. The van der Waals surface area contributed by atoms with Crippen LogP contribution in [0.1, 0.15) is 63.8 Å². The normalized spacial score (nSPS) is 19.8. The third kappa shape index (κ3) is 8.23. The Balaban J connectivity index is 1.12. The zero-order valence-corrected chi connectivity index (χ0v) is 32.0. The lowest BCUT2D eigenvalue weighted by Gasteiger charge is -2.33. The first kappa shape index (κ1) is 39.9. The monoisotopic (exact) mass is 774 g/mol. The largest absolute Gasteiger partial charge is 0.465 e. The number of rotatable bonds is 12. The highest BCUT2D eigenvalue weighted by Gasteiger charge is 2.43. The molecule has 2 aromatic heterocycles. The molecule has 2 saturated heterocycles. The van der Waals surface area contributed by atoms with Crippen LogP contribution >= 0.6 is 0 Å². The van der Waals surface area contributed by atoms with Crippen LogP contribution in [0.15, 0.2) is 60.9 Å². The molecule has 14 nitrogen and oxygen atoms in total. The van der Waals surface area contributed by atoms with Crippen LogP contribution in [-0.4, -0.2) is 116 Å². The number of H-pyrrole nitrogens is 2. The van der Waals surface area contributed by atoms with Gasteiger partial charge in [-0.25, -0.2) is 23.9 Å². The molecule has 6 rings (SSSR count). The molecule has 4 amide bonds. The van der Waals surface area contributed by atoms with Crippen LogP contribution in [0.4, 0.5) is 18.4 Å². The molecule has 2 unspecified atom stereocenters. The average molecular weight is 775 g/mol. The number of hydrogen-bond donors (Lipinski definition) is 4. The third-order valence-electron chi connectivity index (χ3n) is 10.8. The topological polar surface area (TPSA) is 177 Å². The summed E-state index contributed by atoms with van der Waals surface area (Å²) in [6, 6.07) is 12.8. The molecule has 298 valence electrons. The maximum absolute atomic E-state index is 14.7. The zero-order valence-electron chi connectivity index (χ0n) is 32.0. The van der Waals surface area contributed by atoms with E-state index >= 15 is 0 Å². The molecule has 4 heterocycles. The number of halogens is 2. The SMILES string of the molecule is COC(=O)N[C@H](C(=O)N1CCCC1c1ncc(-c2ccc(-c3ccc(-c4cnc([C@@H]5C[C@@H](F)CN5C(=O)[C@H](C(C)C)N(C)C(=O)O)[nH]4)cc3)cc2)[nH]1)C(C)CF. The van der Waals surface area contributed by atoms with Crippen LogP contribution in [0.25, 0.3) is 33.6 Å². The van der Waals surface area contributed by atoms with E-state index in [0.29, 0.717) is 30.3 Å². The number of imidazole rings is 2. The molecule has 0 bridgehead atoms. The van der Waals surface area contributed by atoms with Crippen molar-refractivity contribution in [3.05, 3.63) is 72.6 Å². The van der Waals surface area contributed by atoms with Gasteiger partial charge in [0.1, 0.15) is 29.9 Å². The van der Waals surface area contributed by atoms with E-state index in [2.05, 4.69) is 30.0 Å². The molecule has 16 heteroatoms. The Morgan fingerprint density at radius 2 is 1.43 bits per heavy atom. The van der Waals surface area contributed by atoms with Gasteiger partial charge in [-0.3, -0.25) is 18.9 Å². The van der Waals surface area contributed by atoms with Gasteiger partial charge in [-0.15, -0.1) is 0 Å². The van der Waals surface area contributed by atoms with E-state index < -0.39 is 55.0 Å². The summed E-state index contributed by atoms with van der Waals surface area (Å²) >= 11 is 0. The number of likely N-dealkylation sites (N-methyl/N-ethyl adjacent to an activating group) is 1. The highest BCUT2D eigenvalue weighted by Crippen LogP contribution is 2.36. The summed E-state index contributed by atoms with van der Waals surface area (Å²) in [5.74, 6) is -0.828. The molecule has 0 saturated carbocycles. The molecule has 0 spiro atoms. The summed E-state index contributed by atoms with van der Waals surface area (Å²) in [7, 11) is 2.54. The average Bonchev–Trinajstić information content (AvgIpc) is 4.03. The molecule has 4 aromatic rings. The quantitative estimate of drug-likeness (QED) is 0.128. The molecule has 2 aliphatic rings. The smallest absolute Gasteiger partial charge is 0.407 e. The second-order valence-corrected chi connectivity index (χ2v) is 14.9. The van der Waals surface area contributed by atoms with E-state index in [1.54, 1.807) is 38.1 Å². The number of alkyl carbamates (subject to hydrolysis) is 1. The van der Waals surface area contributed by atoms with Crippen molar-refractivity contribution < 1.29 is 37.8 Å². The van der Waals surface area contributed by atoms with Crippen LogP contribution in [0, 0.1) is 11.8 Å². The molecular weight excluding hydrogens is 726 g/mol. The number of ether oxygens (including phenoxy) is 1. The van der Waals surface area contributed by atoms with Gasteiger partial charge in [0, 0.05) is 25.9 Å². The highest BCUT2D eigenvalue weighted by molar-refractivity contribution is 5.87. The first-order valence-electron chi connectivity index (χ1n) is 18.7. The Morgan fingerprint density at radius 3 is 1.93 bits per heavy atom. The molecule has 0 aliphatic carbocycles. The number of likely N-dealkylation sites (tertiary alicyclic amines) is 2. The van der Waals surface area contributed by atoms with Crippen molar-refractivity contribution in [3.63, 3.8) is 0 Å². The van der Waals surface area contributed by atoms with Gasteiger partial charge < -0.3 is 34.9 Å². The van der Waals surface area contributed by atoms with Crippen LogP contribution in [0.3, 0.4) is 0 Å². The summed E-state index contributed by atoms with van der Waals surface area (Å²) < 4.78 is 33.0. The molecule has 2 fully saturated rings. The third-order valence-corrected chi connectivity index (χ3v) is 10.8. The number of amides is 4. The summed E-state index contributed by atoms with van der Waals surface area (Å²) in [5, 5.41) is 12.0. The fourth-order valence-corrected chi connectivity index (χ4v) is 7.68. The number of aromatic nitrogens is 4. The molecule has 0 radical (unpaired) electrons. The Kier molecular flexibility index (Phi) is 12.0. The van der Waals surface area contributed by atoms with Crippen molar-refractivity contribution in [1.82, 2.24) is 40.0 Å². The van der Waals surface area contributed by atoms with Crippen LogP contribution in [0.5, 0.6) is 0 Å². The highest BCUT2D eigenvalue weighted by atomic mass is 19.1. The van der Waals surface area contributed by atoms with E-state index in [-0.39, 0.29) is 30.8 Å². The Labute approximate surface area is 323 Å². The molecule has 2 aliphatic heterocycles. The lowest BCUT2D eigenvalue weighted by atomic mass is 10.0. The number of alkyl halides is 2. The maximum Gasteiger partial charge on any atom is 0.407 e. The predicted molar refractivity (Wildman–Crippen MR) is 204 cm³/mol. The Morgan fingerprint density at radius 1 is 0.893 bits per heavy atom. The standard InChI is InChI=1S/C40H48F2N8O6/c1-22(2)34(48(4)40(54)55)38(52)50-21-28(42)17-32(50)36-44-20-30(46-36)27-14-10-25(11-15-27)24-8-12-26(13-9-24)29-19-43-35(45-29)31-7-6-16-49(31)37(51)33(23(3)18-41)47-39(53)56-5/h8-15,19-20,22-23,28,31-34H,6-7,16-18,21H2,1-5H3,(H,43,45)(H,44,46)(H,47,53)(H,54,55)/t23?,28-,31?,32+,33+,34+/m1/s1. The number of aromatic amines is 2. The Hall–Kier alpha value is -5.80. The van der Waals surface area contributed by atoms with E-state index in [1.165, 1.54) is 19.1 Å². The van der Waals surface area contributed by atoms with Gasteiger partial charge in [0.25, 0.3) is 0 Å². The minimum Gasteiger partial charge on any atom is -0.465 e. The van der Waals surface area contributed by atoms with Gasteiger partial charge in [0.15, 0.2) is 0 Å². The molecule has 4 N–H and O–H groups in total. The van der Waals surface area contributed by atoms with Gasteiger partial charge in [-0.05, 0) is 41.0 Å². The lowest BCUT2D eigenvalue weighted by molar-refractivity contribution is -0.139. The van der Waals surface area contributed by atoms with Gasteiger partial charge >= 0.3 is 12.2 Å². The number of carbonyl (C=O) groups is 4. The van der Waals surface area contributed by atoms with Gasteiger partial charge in [0.05, 0.1) is 56.2 Å². The first-order chi connectivity index (χ1) is 26.8. The van der Waals surface area contributed by atoms with Crippen molar-refractivity contribution in [2.75, 3.05) is 33.9 Å². The fourth-order valence-electron chi connectivity index (χ4n) is 7.68. The second kappa shape index (κ2) is 16.9. The van der Waals surface area contributed by atoms with Gasteiger partial charge in [0.2, 0.25) is 11.8 Å². The number of hydrogen-bond acceptors (Lipinski definition) is 7. The number of nitrogens with zero attached hydrogens (tertiary/aromatic N) is 5. The molecular formula is C40H48F2N8O6. The minimum absolute atomic E-state index is 0.0609. The first-order valence-corrected chi connectivity index (χ1v) is 18.7. The van der Waals surface area contributed by atoms with Crippen LogP contribution in [-0.2, 0) is 14.3 Å². The maximum atomic E-state index is 14.7. The molecule has 56 heavy (non-hydrogen) atoms. The number of methoxy groups -OCH3 is 1. The second-order valence-electron chi connectivity index (χ2n) is 14.9. The van der Waals surface area contributed by atoms with Gasteiger partial charge in [-0.1, -0.05) is 69.3 Å². The summed E-state index contributed by atoms with van der Waals surface area (Å²) in [6.07, 6.45) is 1.56. The predicted octanol–water partition coefficient (Wildman–Crippen LogP) is 6.37. The number of carboxylic acid groups (broad SMARTS) is 1. The number of benzene rings is 2. The zero-order chi connectivity index (χ0) is 40.3. The van der Waals surface area contributed by atoms with Crippen molar-refractivity contribution in [2.24, 2.45) is 11.8 Å². The van der Waals surface area contributed by atoms with E-state index in [4.69, 9.17) is 0 Å². The number of nitrogens with one attached hydrogen (secondary N) is 3. The van der Waals surface area contributed by atoms with E-state index in [1.807, 2.05) is 48.5 Å². The summed E-state index contributed by atoms with van der Waals surface area (Å²) in [6.45, 7) is 4.64. The molecule has 2 aromatic carbocycles. The fraction of sp³-hybridized carbons (Fsp3) is 0.450. The summed E-state index contributed by atoms with van der Waals surface area (Å²) in [4.78, 5) is 70.4. The minimum atomic E-state index is -1.26. The van der Waals surface area contributed by atoms with Crippen molar-refractivity contribution in [1.29, 1.82) is 0 Å². The van der Waals surface area contributed by atoms with E-state index in [9.17, 15) is 33.1 Å². The van der Waals surface area contributed by atoms with Crippen molar-refractivity contribution in [2.45, 2.75) is 70.4 Å². The van der Waals surface area contributed by atoms with Crippen molar-refractivity contribution >= 4 is 24.0 Å². The van der Waals surface area contributed by atoms with Crippen LogP contribution in [0.2, 0.25) is 0 Å². The van der Waals surface area contributed by atoms with E-state index in [0.717, 1.165) is 39.3 Å².